The zero-order valence-corrected chi connectivity index (χ0v) is 11.3. The molecular formula is C13H16N4OS. The van der Waals surface area contributed by atoms with Crippen LogP contribution in [0.1, 0.15) is 17.4 Å². The van der Waals surface area contributed by atoms with Crippen molar-refractivity contribution in [1.82, 2.24) is 14.9 Å². The minimum absolute atomic E-state index is 0.0823. The van der Waals surface area contributed by atoms with E-state index in [4.69, 9.17) is 10.5 Å². The molecule has 0 bridgehead atoms. The summed E-state index contributed by atoms with van der Waals surface area (Å²) in [5, 5.41) is 4.29. The van der Waals surface area contributed by atoms with E-state index in [0.717, 1.165) is 25.3 Å². The van der Waals surface area contributed by atoms with Gasteiger partial charge in [-0.1, -0.05) is 0 Å². The molecule has 1 atom stereocenters. The van der Waals surface area contributed by atoms with Crippen LogP contribution in [-0.4, -0.2) is 34.6 Å². The van der Waals surface area contributed by atoms with Crippen LogP contribution in [0.3, 0.4) is 0 Å². The van der Waals surface area contributed by atoms with E-state index in [2.05, 4.69) is 31.7 Å². The third-order valence-electron chi connectivity index (χ3n) is 3.20. The van der Waals surface area contributed by atoms with Gasteiger partial charge in [-0.2, -0.15) is 11.3 Å². The van der Waals surface area contributed by atoms with Crippen molar-refractivity contribution in [3.8, 4) is 0 Å². The second-order valence-corrected chi connectivity index (χ2v) is 5.33. The van der Waals surface area contributed by atoms with E-state index < -0.39 is 0 Å². The number of nitrogen functional groups attached to an aromatic ring is 1. The van der Waals surface area contributed by atoms with Gasteiger partial charge in [0.2, 0.25) is 0 Å². The summed E-state index contributed by atoms with van der Waals surface area (Å²) in [6, 6.07) is 2.16. The molecule has 1 saturated heterocycles. The first kappa shape index (κ1) is 12.5. The van der Waals surface area contributed by atoms with E-state index in [0.29, 0.717) is 12.4 Å². The van der Waals surface area contributed by atoms with Gasteiger partial charge < -0.3 is 10.5 Å². The first-order valence-electron chi connectivity index (χ1n) is 6.24. The Kier molecular flexibility index (Phi) is 3.72. The summed E-state index contributed by atoms with van der Waals surface area (Å²) in [4.78, 5) is 10.7. The highest BCUT2D eigenvalue weighted by atomic mass is 32.1. The van der Waals surface area contributed by atoms with Gasteiger partial charge in [-0.15, -0.1) is 0 Å². The predicted molar refractivity (Wildman–Crippen MR) is 74.7 cm³/mol. The third-order valence-corrected chi connectivity index (χ3v) is 3.93. The SMILES string of the molecule is Nc1nccnc1[C@@H]1CN(Cc2ccsc2)CCO1. The highest BCUT2D eigenvalue weighted by molar-refractivity contribution is 7.07. The molecule has 0 saturated carbocycles. The summed E-state index contributed by atoms with van der Waals surface area (Å²) in [6.07, 6.45) is 3.18. The van der Waals surface area contributed by atoms with Crippen LogP contribution >= 0.6 is 11.3 Å². The molecule has 19 heavy (non-hydrogen) atoms. The largest absolute Gasteiger partial charge is 0.382 e. The van der Waals surface area contributed by atoms with E-state index in [-0.39, 0.29) is 6.10 Å². The van der Waals surface area contributed by atoms with Gasteiger partial charge in [0, 0.05) is 32.0 Å². The van der Waals surface area contributed by atoms with E-state index >= 15 is 0 Å². The average molecular weight is 276 g/mol. The van der Waals surface area contributed by atoms with Gasteiger partial charge in [0.05, 0.1) is 6.61 Å². The number of nitrogens with two attached hydrogens (primary N) is 1. The molecule has 0 unspecified atom stereocenters. The second-order valence-electron chi connectivity index (χ2n) is 4.55. The van der Waals surface area contributed by atoms with Crippen LogP contribution in [0.5, 0.6) is 0 Å². The fraction of sp³-hybridized carbons (Fsp3) is 0.385. The summed E-state index contributed by atoms with van der Waals surface area (Å²) in [7, 11) is 0. The van der Waals surface area contributed by atoms with Crippen LogP contribution in [0, 0.1) is 0 Å². The molecule has 2 aromatic rings. The van der Waals surface area contributed by atoms with Crippen molar-refractivity contribution in [2.75, 3.05) is 25.4 Å². The quantitative estimate of drug-likeness (QED) is 0.924. The zero-order chi connectivity index (χ0) is 13.1. The number of ether oxygens (including phenoxy) is 1. The maximum atomic E-state index is 5.86. The van der Waals surface area contributed by atoms with Crippen LogP contribution in [0.4, 0.5) is 5.82 Å². The summed E-state index contributed by atoms with van der Waals surface area (Å²) < 4.78 is 5.77. The van der Waals surface area contributed by atoms with Crippen LogP contribution < -0.4 is 5.73 Å². The van der Waals surface area contributed by atoms with Crippen LogP contribution in [-0.2, 0) is 11.3 Å². The number of aromatic nitrogens is 2. The first-order chi connectivity index (χ1) is 9.33. The molecule has 2 N–H and O–H groups in total. The standard InChI is InChI=1S/C13H16N4OS/c14-13-12(15-2-3-16-13)11-8-17(4-5-18-11)7-10-1-6-19-9-10/h1-3,6,9,11H,4-5,7-8H2,(H2,14,16)/t11-/m0/s1. The normalized spacial score (nSPS) is 20.5. The van der Waals surface area contributed by atoms with Gasteiger partial charge >= 0.3 is 0 Å². The van der Waals surface area contributed by atoms with E-state index in [9.17, 15) is 0 Å². The second kappa shape index (κ2) is 5.64. The van der Waals surface area contributed by atoms with Crippen molar-refractivity contribution in [3.63, 3.8) is 0 Å². The number of thiophene rings is 1. The number of hydrogen-bond acceptors (Lipinski definition) is 6. The minimum atomic E-state index is -0.0823. The van der Waals surface area contributed by atoms with Crippen molar-refractivity contribution in [1.29, 1.82) is 0 Å². The molecule has 0 spiro atoms. The number of rotatable bonds is 3. The maximum absolute atomic E-state index is 5.86. The highest BCUT2D eigenvalue weighted by Gasteiger charge is 2.25. The Labute approximate surface area is 116 Å². The third kappa shape index (κ3) is 2.91. The van der Waals surface area contributed by atoms with Gasteiger partial charge in [0.25, 0.3) is 0 Å². The summed E-state index contributed by atoms with van der Waals surface area (Å²) in [5.41, 5.74) is 7.96. The van der Waals surface area contributed by atoms with Gasteiger partial charge in [-0.05, 0) is 22.4 Å². The van der Waals surface area contributed by atoms with Crippen molar-refractivity contribution >= 4 is 17.2 Å². The van der Waals surface area contributed by atoms with Gasteiger partial charge in [0.1, 0.15) is 17.6 Å². The molecule has 3 heterocycles. The molecule has 0 amide bonds. The minimum Gasteiger partial charge on any atom is -0.382 e. The summed E-state index contributed by atoms with van der Waals surface area (Å²) in [6.45, 7) is 3.39. The zero-order valence-electron chi connectivity index (χ0n) is 10.5. The Morgan fingerprint density at radius 2 is 2.32 bits per heavy atom. The molecule has 0 radical (unpaired) electrons. The van der Waals surface area contributed by atoms with Crippen molar-refractivity contribution in [2.24, 2.45) is 0 Å². The molecule has 100 valence electrons. The lowest BCUT2D eigenvalue weighted by Crippen LogP contribution is -2.38. The summed E-state index contributed by atoms with van der Waals surface area (Å²) in [5.74, 6) is 0.463. The molecule has 5 nitrogen and oxygen atoms in total. The highest BCUT2D eigenvalue weighted by Crippen LogP contribution is 2.24. The maximum Gasteiger partial charge on any atom is 0.147 e. The van der Waals surface area contributed by atoms with E-state index in [1.165, 1.54) is 5.56 Å². The summed E-state index contributed by atoms with van der Waals surface area (Å²) >= 11 is 1.73. The molecular weight excluding hydrogens is 260 g/mol. The van der Waals surface area contributed by atoms with Crippen molar-refractivity contribution in [3.05, 3.63) is 40.5 Å². The number of nitrogens with zero attached hydrogens (tertiary/aromatic N) is 3. The molecule has 3 rings (SSSR count). The average Bonchev–Trinajstić information content (AvgIpc) is 2.92. The lowest BCUT2D eigenvalue weighted by atomic mass is 10.2. The lowest BCUT2D eigenvalue weighted by molar-refractivity contribution is -0.0346. The lowest BCUT2D eigenvalue weighted by Gasteiger charge is -2.32. The Morgan fingerprint density at radius 3 is 3.11 bits per heavy atom. The molecule has 2 aromatic heterocycles. The fourth-order valence-corrected chi connectivity index (χ4v) is 2.92. The molecule has 0 aliphatic carbocycles. The smallest absolute Gasteiger partial charge is 0.147 e. The van der Waals surface area contributed by atoms with E-state index in [1.54, 1.807) is 23.7 Å². The number of morpholine rings is 1. The van der Waals surface area contributed by atoms with Crippen LogP contribution in [0.15, 0.2) is 29.2 Å². The number of hydrogen-bond donors (Lipinski definition) is 1. The molecule has 1 aliphatic rings. The Balaban J connectivity index is 1.70. The van der Waals surface area contributed by atoms with Crippen molar-refractivity contribution in [2.45, 2.75) is 12.6 Å². The molecule has 1 fully saturated rings. The Hall–Kier alpha value is -1.50. The van der Waals surface area contributed by atoms with Gasteiger partial charge in [-0.25, -0.2) is 4.98 Å². The molecule has 1 aliphatic heterocycles. The monoisotopic (exact) mass is 276 g/mol. The topological polar surface area (TPSA) is 64.3 Å². The van der Waals surface area contributed by atoms with Crippen molar-refractivity contribution < 1.29 is 4.74 Å². The van der Waals surface area contributed by atoms with Crippen LogP contribution in [0.25, 0.3) is 0 Å². The Bertz CT molecular complexity index is 531. The molecule has 6 heteroatoms. The predicted octanol–water partition coefficient (Wildman–Crippen LogP) is 1.69. The fourth-order valence-electron chi connectivity index (χ4n) is 2.26. The van der Waals surface area contributed by atoms with E-state index in [1.807, 2.05) is 0 Å². The first-order valence-corrected chi connectivity index (χ1v) is 7.18. The van der Waals surface area contributed by atoms with Gasteiger partial charge in [0.15, 0.2) is 0 Å². The Morgan fingerprint density at radius 1 is 1.42 bits per heavy atom. The van der Waals surface area contributed by atoms with Crippen LogP contribution in [0.2, 0.25) is 0 Å². The molecule has 0 aromatic carbocycles. The number of anilines is 1. The van der Waals surface area contributed by atoms with Gasteiger partial charge in [-0.3, -0.25) is 9.88 Å².